The van der Waals surface area contributed by atoms with Crippen LogP contribution in [0.5, 0.6) is 0 Å². The Morgan fingerprint density at radius 1 is 0.864 bits per heavy atom. The molecule has 0 fully saturated rings. The van der Waals surface area contributed by atoms with Gasteiger partial charge in [0.2, 0.25) is 0 Å². The standard InChI is InChI=1S/C18H33NO2.Na/c1-3-5-7-9-11-13-15-19(17-18(20)21)16-14-12-10-8-6-4-2;/h7-10H,3-6,11-17H2,1-2H3,(H,20,21);/q;+1/p-1/b9-7+,10-8+;. The van der Waals surface area contributed by atoms with Crippen molar-refractivity contribution in [2.24, 2.45) is 0 Å². The molecule has 0 heterocycles. The number of carbonyl (C=O) groups is 1. The molecule has 0 saturated carbocycles. The molecule has 0 radical (unpaired) electrons. The SMILES string of the molecule is CCC/C=C/CCCN(CCC/C=C/CCC)CC(=O)[O-].[Na+]. The number of carbonyl (C=O) groups excluding carboxylic acids is 1. The summed E-state index contributed by atoms with van der Waals surface area (Å²) in [5.74, 6) is -0.974. The largest absolute Gasteiger partial charge is 1.00 e. The van der Waals surface area contributed by atoms with Crippen LogP contribution in [0.25, 0.3) is 0 Å². The van der Waals surface area contributed by atoms with Crippen molar-refractivity contribution in [1.29, 1.82) is 0 Å². The Bertz CT molecular complexity index is 281. The molecule has 0 atom stereocenters. The Labute approximate surface area is 159 Å². The van der Waals surface area contributed by atoms with Gasteiger partial charge in [0, 0.05) is 6.54 Å². The number of hydrogen-bond donors (Lipinski definition) is 0. The number of hydrogen-bond acceptors (Lipinski definition) is 3. The van der Waals surface area contributed by atoms with Crippen LogP contribution in [0.4, 0.5) is 0 Å². The summed E-state index contributed by atoms with van der Waals surface area (Å²) < 4.78 is 0. The van der Waals surface area contributed by atoms with Gasteiger partial charge < -0.3 is 9.90 Å². The smallest absolute Gasteiger partial charge is 0.549 e. The Kier molecular flexibility index (Phi) is 20.8. The fraction of sp³-hybridized carbons (Fsp3) is 0.722. The van der Waals surface area contributed by atoms with Gasteiger partial charge in [-0.2, -0.15) is 0 Å². The molecule has 0 bridgehead atoms. The molecule has 0 saturated heterocycles. The molecule has 0 aromatic rings. The summed E-state index contributed by atoms with van der Waals surface area (Å²) in [7, 11) is 0. The van der Waals surface area contributed by atoms with Gasteiger partial charge in [-0.25, -0.2) is 0 Å². The van der Waals surface area contributed by atoms with Crippen molar-refractivity contribution in [3.05, 3.63) is 24.3 Å². The maximum Gasteiger partial charge on any atom is 1.00 e. The van der Waals surface area contributed by atoms with Crippen LogP contribution in [0, 0.1) is 0 Å². The summed E-state index contributed by atoms with van der Waals surface area (Å²) in [6.07, 6.45) is 17.5. The van der Waals surface area contributed by atoms with Crippen LogP contribution in [0.1, 0.15) is 65.2 Å². The van der Waals surface area contributed by atoms with E-state index in [1.54, 1.807) is 0 Å². The minimum Gasteiger partial charge on any atom is -0.549 e. The molecule has 0 aliphatic heterocycles. The van der Waals surface area contributed by atoms with Gasteiger partial charge in [0.25, 0.3) is 0 Å². The quantitative estimate of drug-likeness (QED) is 0.263. The number of unbranched alkanes of at least 4 members (excludes halogenated alkanes) is 4. The number of carboxylic acid groups (broad SMARTS) is 1. The third-order valence-corrected chi connectivity index (χ3v) is 3.29. The first-order chi connectivity index (χ1) is 10.2. The molecular formula is C18H32NNaO2. The van der Waals surface area contributed by atoms with E-state index in [1.807, 2.05) is 4.90 Å². The summed E-state index contributed by atoms with van der Waals surface area (Å²) in [4.78, 5) is 12.8. The van der Waals surface area contributed by atoms with Gasteiger partial charge in [-0.3, -0.25) is 4.90 Å². The van der Waals surface area contributed by atoms with Crippen molar-refractivity contribution < 1.29 is 39.5 Å². The molecule has 0 N–H and O–H groups in total. The number of carboxylic acids is 1. The van der Waals surface area contributed by atoms with Crippen LogP contribution in [0.2, 0.25) is 0 Å². The van der Waals surface area contributed by atoms with E-state index in [9.17, 15) is 9.90 Å². The van der Waals surface area contributed by atoms with Gasteiger partial charge in [-0.05, 0) is 51.6 Å². The fourth-order valence-electron chi connectivity index (χ4n) is 2.12. The van der Waals surface area contributed by atoms with Crippen LogP contribution in [-0.4, -0.2) is 30.5 Å². The molecule has 0 amide bonds. The van der Waals surface area contributed by atoms with Crippen LogP contribution in [0.15, 0.2) is 24.3 Å². The maximum atomic E-state index is 10.8. The molecule has 3 nitrogen and oxygen atoms in total. The van der Waals surface area contributed by atoms with Gasteiger partial charge in [0.05, 0.1) is 5.97 Å². The van der Waals surface area contributed by atoms with Crippen molar-refractivity contribution >= 4 is 5.97 Å². The second-order valence-corrected chi connectivity index (χ2v) is 5.45. The van der Waals surface area contributed by atoms with E-state index in [-0.39, 0.29) is 36.1 Å². The van der Waals surface area contributed by atoms with E-state index in [0.717, 1.165) is 51.6 Å². The van der Waals surface area contributed by atoms with Gasteiger partial charge in [0.1, 0.15) is 0 Å². The van der Waals surface area contributed by atoms with Crippen LogP contribution in [0.3, 0.4) is 0 Å². The molecule has 0 unspecified atom stereocenters. The zero-order valence-electron chi connectivity index (χ0n) is 14.9. The number of aliphatic carboxylic acids is 1. The van der Waals surface area contributed by atoms with E-state index in [1.165, 1.54) is 12.8 Å². The van der Waals surface area contributed by atoms with E-state index >= 15 is 0 Å². The average molecular weight is 317 g/mol. The predicted molar refractivity (Wildman–Crippen MR) is 88.0 cm³/mol. The average Bonchev–Trinajstić information content (AvgIpc) is 2.45. The number of allylic oxidation sites excluding steroid dienone is 4. The molecule has 0 rings (SSSR count). The summed E-state index contributed by atoms with van der Waals surface area (Å²) in [5, 5.41) is 10.8. The molecular weight excluding hydrogens is 285 g/mol. The van der Waals surface area contributed by atoms with Gasteiger partial charge in [-0.1, -0.05) is 51.0 Å². The third-order valence-electron chi connectivity index (χ3n) is 3.29. The predicted octanol–water partition coefficient (Wildman–Crippen LogP) is 0.315. The summed E-state index contributed by atoms with van der Waals surface area (Å²) in [6, 6.07) is 0. The second-order valence-electron chi connectivity index (χ2n) is 5.45. The zero-order valence-corrected chi connectivity index (χ0v) is 16.9. The van der Waals surface area contributed by atoms with E-state index in [2.05, 4.69) is 38.2 Å². The summed E-state index contributed by atoms with van der Waals surface area (Å²) >= 11 is 0. The van der Waals surface area contributed by atoms with Crippen molar-refractivity contribution in [3.63, 3.8) is 0 Å². The van der Waals surface area contributed by atoms with Crippen molar-refractivity contribution in [1.82, 2.24) is 4.90 Å². The minimum absolute atomic E-state index is 0. The molecule has 122 valence electrons. The third kappa shape index (κ3) is 18.0. The van der Waals surface area contributed by atoms with E-state index in [4.69, 9.17) is 0 Å². The first-order valence-electron chi connectivity index (χ1n) is 8.42. The van der Waals surface area contributed by atoms with Gasteiger partial charge in [-0.15, -0.1) is 0 Å². The van der Waals surface area contributed by atoms with E-state index in [0.29, 0.717) is 0 Å². The fourth-order valence-corrected chi connectivity index (χ4v) is 2.12. The Morgan fingerprint density at radius 2 is 1.27 bits per heavy atom. The Morgan fingerprint density at radius 3 is 1.64 bits per heavy atom. The molecule has 0 spiro atoms. The van der Waals surface area contributed by atoms with Crippen LogP contribution < -0.4 is 34.7 Å². The van der Waals surface area contributed by atoms with Crippen molar-refractivity contribution in [3.8, 4) is 0 Å². The summed E-state index contributed by atoms with van der Waals surface area (Å²) in [6.45, 7) is 6.06. The minimum atomic E-state index is -0.974. The molecule has 0 aliphatic carbocycles. The maximum absolute atomic E-state index is 10.8. The van der Waals surface area contributed by atoms with Crippen LogP contribution >= 0.6 is 0 Å². The molecule has 22 heavy (non-hydrogen) atoms. The van der Waals surface area contributed by atoms with Gasteiger partial charge >= 0.3 is 29.6 Å². The Hall–Kier alpha value is -0.0900. The van der Waals surface area contributed by atoms with Gasteiger partial charge in [0.15, 0.2) is 0 Å². The molecule has 0 aliphatic rings. The zero-order chi connectivity index (χ0) is 15.8. The monoisotopic (exact) mass is 317 g/mol. The second kappa shape index (κ2) is 19.0. The molecule has 0 aromatic carbocycles. The van der Waals surface area contributed by atoms with E-state index < -0.39 is 5.97 Å². The normalized spacial score (nSPS) is 11.4. The first kappa shape index (κ1) is 24.2. The molecule has 0 aromatic heterocycles. The van der Waals surface area contributed by atoms with Crippen molar-refractivity contribution in [2.45, 2.75) is 65.2 Å². The Balaban J connectivity index is 0. The first-order valence-corrected chi connectivity index (χ1v) is 8.42. The van der Waals surface area contributed by atoms with Crippen LogP contribution in [-0.2, 0) is 4.79 Å². The van der Waals surface area contributed by atoms with Crippen molar-refractivity contribution in [2.75, 3.05) is 19.6 Å². The molecule has 4 heteroatoms. The number of rotatable bonds is 14. The summed E-state index contributed by atoms with van der Waals surface area (Å²) in [5.41, 5.74) is 0. The number of nitrogens with zero attached hydrogens (tertiary/aromatic N) is 1. The topological polar surface area (TPSA) is 43.4 Å².